The second-order valence-electron chi connectivity index (χ2n) is 3.05. The minimum absolute atomic E-state index is 0.0828. The molecular weight excluding hydrogens is 233 g/mol. The summed E-state index contributed by atoms with van der Waals surface area (Å²) in [6.45, 7) is 3.51. The van der Waals surface area contributed by atoms with Gasteiger partial charge in [-0.25, -0.2) is 0 Å². The smallest absolute Gasteiger partial charge is 0.329 e. The first-order valence-electron chi connectivity index (χ1n) is 4.86. The third kappa shape index (κ3) is 3.58. The molecule has 0 aliphatic rings. The molecule has 0 aliphatic carbocycles. The van der Waals surface area contributed by atoms with Gasteiger partial charge >= 0.3 is 12.1 Å². The third-order valence-corrected chi connectivity index (χ3v) is 1.82. The standard InChI is InChI=1S/C11H11F3N2O/c1-3-5-6-7-8(4-2)9-15-10(17-16-9)11(12,13)14/h3-7H,1-2H3/b5-3-,7-6-,8-4+. The Morgan fingerprint density at radius 1 is 1.24 bits per heavy atom. The number of aromatic nitrogens is 2. The lowest BCUT2D eigenvalue weighted by Gasteiger charge is -1.96. The molecule has 1 heterocycles. The van der Waals surface area contributed by atoms with Crippen LogP contribution < -0.4 is 0 Å². The second kappa shape index (κ2) is 5.47. The minimum Gasteiger partial charge on any atom is -0.329 e. The van der Waals surface area contributed by atoms with Crippen molar-refractivity contribution in [1.82, 2.24) is 10.1 Å². The zero-order valence-corrected chi connectivity index (χ0v) is 9.32. The van der Waals surface area contributed by atoms with Crippen LogP contribution in [0.3, 0.4) is 0 Å². The first kappa shape index (κ1) is 13.2. The average molecular weight is 244 g/mol. The van der Waals surface area contributed by atoms with E-state index in [9.17, 15) is 13.2 Å². The molecule has 0 unspecified atom stereocenters. The lowest BCUT2D eigenvalue weighted by atomic mass is 10.2. The zero-order valence-electron chi connectivity index (χ0n) is 9.32. The Labute approximate surface area is 96.3 Å². The maximum absolute atomic E-state index is 12.2. The van der Waals surface area contributed by atoms with Gasteiger partial charge in [-0.1, -0.05) is 35.5 Å². The van der Waals surface area contributed by atoms with Gasteiger partial charge in [-0.05, 0) is 13.8 Å². The van der Waals surface area contributed by atoms with Crippen LogP contribution in [0.15, 0.2) is 34.9 Å². The molecule has 0 aromatic carbocycles. The van der Waals surface area contributed by atoms with Crippen molar-refractivity contribution in [2.45, 2.75) is 20.0 Å². The molecule has 6 heteroatoms. The summed E-state index contributed by atoms with van der Waals surface area (Å²) in [5, 5.41) is 3.28. The molecule has 0 aliphatic heterocycles. The Bertz CT molecular complexity index is 456. The average Bonchev–Trinajstić information content (AvgIpc) is 2.73. The van der Waals surface area contributed by atoms with Crippen molar-refractivity contribution in [2.24, 2.45) is 0 Å². The van der Waals surface area contributed by atoms with E-state index >= 15 is 0 Å². The van der Waals surface area contributed by atoms with Gasteiger partial charge in [0.25, 0.3) is 0 Å². The van der Waals surface area contributed by atoms with Crippen molar-refractivity contribution in [1.29, 1.82) is 0 Å². The number of allylic oxidation sites excluding steroid dienone is 6. The van der Waals surface area contributed by atoms with Crippen molar-refractivity contribution >= 4 is 5.57 Å². The molecule has 0 fully saturated rings. The monoisotopic (exact) mass is 244 g/mol. The largest absolute Gasteiger partial charge is 0.471 e. The molecule has 0 N–H and O–H groups in total. The van der Waals surface area contributed by atoms with Gasteiger partial charge in [0.15, 0.2) is 0 Å². The maximum Gasteiger partial charge on any atom is 0.471 e. The number of hydrogen-bond acceptors (Lipinski definition) is 3. The molecular formula is C11H11F3N2O. The van der Waals surface area contributed by atoms with E-state index in [1.54, 1.807) is 37.3 Å². The van der Waals surface area contributed by atoms with Crippen molar-refractivity contribution < 1.29 is 17.7 Å². The summed E-state index contributed by atoms with van der Waals surface area (Å²) >= 11 is 0. The summed E-state index contributed by atoms with van der Waals surface area (Å²) in [5.74, 6) is -1.42. The molecule has 0 spiro atoms. The van der Waals surface area contributed by atoms with E-state index in [1.165, 1.54) is 0 Å². The fourth-order valence-corrected chi connectivity index (χ4v) is 1.03. The van der Waals surface area contributed by atoms with Crippen LogP contribution in [0.5, 0.6) is 0 Å². The fraction of sp³-hybridized carbons (Fsp3) is 0.273. The number of nitrogens with zero attached hydrogens (tertiary/aromatic N) is 2. The molecule has 3 nitrogen and oxygen atoms in total. The quantitative estimate of drug-likeness (QED) is 0.762. The lowest BCUT2D eigenvalue weighted by molar-refractivity contribution is -0.159. The number of alkyl halides is 3. The van der Waals surface area contributed by atoms with E-state index < -0.39 is 12.1 Å². The third-order valence-electron chi connectivity index (χ3n) is 1.82. The van der Waals surface area contributed by atoms with Crippen LogP contribution in [0.4, 0.5) is 13.2 Å². The second-order valence-corrected chi connectivity index (χ2v) is 3.05. The molecule has 0 radical (unpaired) electrons. The van der Waals surface area contributed by atoms with Crippen LogP contribution in [0.2, 0.25) is 0 Å². The highest BCUT2D eigenvalue weighted by molar-refractivity contribution is 5.69. The SMILES string of the molecule is C\C=C/C=C\C(=C/C)c1noc(C(F)(F)F)n1. The Morgan fingerprint density at radius 2 is 1.94 bits per heavy atom. The van der Waals surface area contributed by atoms with Crippen LogP contribution in [0, 0.1) is 0 Å². The summed E-state index contributed by atoms with van der Waals surface area (Å²) < 4.78 is 40.8. The van der Waals surface area contributed by atoms with Crippen LogP contribution in [-0.2, 0) is 6.18 Å². The molecule has 1 aromatic rings. The molecule has 92 valence electrons. The van der Waals surface area contributed by atoms with E-state index in [-0.39, 0.29) is 5.82 Å². The molecule has 1 aromatic heterocycles. The van der Waals surface area contributed by atoms with E-state index in [4.69, 9.17) is 0 Å². The van der Waals surface area contributed by atoms with Crippen LogP contribution in [-0.4, -0.2) is 10.1 Å². The molecule has 0 bridgehead atoms. The molecule has 0 amide bonds. The Balaban J connectivity index is 2.95. The summed E-state index contributed by atoms with van der Waals surface area (Å²) in [6.07, 6.45) is 3.81. The van der Waals surface area contributed by atoms with Crippen molar-refractivity contribution in [3.8, 4) is 0 Å². The van der Waals surface area contributed by atoms with Crippen LogP contribution in [0.25, 0.3) is 5.57 Å². The van der Waals surface area contributed by atoms with Crippen molar-refractivity contribution in [3.63, 3.8) is 0 Å². The first-order chi connectivity index (χ1) is 7.99. The normalized spacial score (nSPS) is 14.1. The highest BCUT2D eigenvalue weighted by Gasteiger charge is 2.38. The van der Waals surface area contributed by atoms with Crippen LogP contribution >= 0.6 is 0 Å². The van der Waals surface area contributed by atoms with E-state index in [1.807, 2.05) is 6.92 Å². The number of halogens is 3. The molecule has 0 saturated carbocycles. The Kier molecular flexibility index (Phi) is 4.25. The predicted molar refractivity (Wildman–Crippen MR) is 56.9 cm³/mol. The molecule has 17 heavy (non-hydrogen) atoms. The van der Waals surface area contributed by atoms with Gasteiger partial charge in [0.05, 0.1) is 0 Å². The van der Waals surface area contributed by atoms with Gasteiger partial charge in [-0.2, -0.15) is 18.2 Å². The van der Waals surface area contributed by atoms with Crippen LogP contribution in [0.1, 0.15) is 25.6 Å². The van der Waals surface area contributed by atoms with Gasteiger partial charge in [0, 0.05) is 5.57 Å². The van der Waals surface area contributed by atoms with Crippen molar-refractivity contribution in [3.05, 3.63) is 42.1 Å². The molecule has 0 saturated heterocycles. The Morgan fingerprint density at radius 3 is 2.41 bits per heavy atom. The van der Waals surface area contributed by atoms with E-state index in [0.29, 0.717) is 5.57 Å². The lowest BCUT2D eigenvalue weighted by Crippen LogP contribution is -2.05. The zero-order chi connectivity index (χ0) is 12.9. The molecule has 0 atom stereocenters. The fourth-order valence-electron chi connectivity index (χ4n) is 1.03. The van der Waals surface area contributed by atoms with Gasteiger partial charge in [-0.3, -0.25) is 0 Å². The van der Waals surface area contributed by atoms with Gasteiger partial charge in [0.2, 0.25) is 5.82 Å². The Hall–Kier alpha value is -1.85. The number of rotatable bonds is 3. The predicted octanol–water partition coefficient (Wildman–Crippen LogP) is 3.62. The highest BCUT2D eigenvalue weighted by Crippen LogP contribution is 2.28. The summed E-state index contributed by atoms with van der Waals surface area (Å²) in [5.41, 5.74) is 0.461. The minimum atomic E-state index is -4.61. The molecule has 1 rings (SSSR count). The topological polar surface area (TPSA) is 38.9 Å². The summed E-state index contributed by atoms with van der Waals surface area (Å²) in [7, 11) is 0. The van der Waals surface area contributed by atoms with Gasteiger partial charge in [0.1, 0.15) is 0 Å². The van der Waals surface area contributed by atoms with Gasteiger partial charge in [-0.15, -0.1) is 0 Å². The summed E-state index contributed by atoms with van der Waals surface area (Å²) in [4.78, 5) is 3.29. The number of hydrogen-bond donors (Lipinski definition) is 0. The van der Waals surface area contributed by atoms with E-state index in [0.717, 1.165) is 0 Å². The van der Waals surface area contributed by atoms with Crippen molar-refractivity contribution in [2.75, 3.05) is 0 Å². The van der Waals surface area contributed by atoms with Gasteiger partial charge < -0.3 is 4.52 Å². The summed E-state index contributed by atoms with van der Waals surface area (Å²) in [6, 6.07) is 0. The maximum atomic E-state index is 12.2. The van der Waals surface area contributed by atoms with E-state index in [2.05, 4.69) is 14.7 Å². The first-order valence-corrected chi connectivity index (χ1v) is 4.86. The highest BCUT2D eigenvalue weighted by atomic mass is 19.4.